The Balaban J connectivity index is 4.02. The number of unbranched alkanes of at least 4 members (excludes halogenated alkanes) is 46. The van der Waals surface area contributed by atoms with Crippen molar-refractivity contribution in [1.29, 1.82) is 0 Å². The predicted octanol–water partition coefficient (Wildman–Crippen LogP) is 23.2. The van der Waals surface area contributed by atoms with Gasteiger partial charge in [0.15, 0.2) is 6.10 Å². The molecule has 1 unspecified atom stereocenters. The summed E-state index contributed by atoms with van der Waals surface area (Å²) in [4.78, 5) is 38.2. The SMILES string of the molecule is CCC/C=C\CCCCCCCC(=O)OCC(COC(=O)CCCCCCCCCCCCCCCCCCCCCCC/C=C\CCCCCCCCCC)OC(=O)CCCCCCC/C=C\CCCCCCCC. The van der Waals surface area contributed by atoms with E-state index >= 15 is 0 Å². The van der Waals surface area contributed by atoms with Gasteiger partial charge in [0, 0.05) is 19.3 Å². The Kier molecular flexibility index (Phi) is 63.1. The molecule has 0 heterocycles. The van der Waals surface area contributed by atoms with Crippen LogP contribution in [-0.4, -0.2) is 37.2 Å². The molecule has 446 valence electrons. The van der Waals surface area contributed by atoms with E-state index in [9.17, 15) is 14.4 Å². The van der Waals surface area contributed by atoms with Crippen molar-refractivity contribution < 1.29 is 28.6 Å². The third kappa shape index (κ3) is 62.5. The van der Waals surface area contributed by atoms with Gasteiger partial charge in [-0.05, 0) is 89.9 Å². The van der Waals surface area contributed by atoms with Gasteiger partial charge in [0.25, 0.3) is 0 Å². The molecule has 6 heteroatoms. The first-order valence-electron chi connectivity index (χ1n) is 34.0. The summed E-state index contributed by atoms with van der Waals surface area (Å²) in [7, 11) is 0. The summed E-state index contributed by atoms with van der Waals surface area (Å²) in [6, 6.07) is 0. The summed E-state index contributed by atoms with van der Waals surface area (Å²) in [5.41, 5.74) is 0. The Bertz CT molecular complexity index is 1270. The minimum atomic E-state index is -0.777. The van der Waals surface area contributed by atoms with Crippen LogP contribution in [0.2, 0.25) is 0 Å². The van der Waals surface area contributed by atoms with Crippen LogP contribution >= 0.6 is 0 Å². The van der Waals surface area contributed by atoms with E-state index in [-0.39, 0.29) is 31.1 Å². The fourth-order valence-electron chi connectivity index (χ4n) is 10.2. The summed E-state index contributed by atoms with van der Waals surface area (Å²) >= 11 is 0. The van der Waals surface area contributed by atoms with Crippen molar-refractivity contribution in [2.24, 2.45) is 0 Å². The summed E-state index contributed by atoms with van der Waals surface area (Å²) in [6.45, 7) is 6.61. The Morgan fingerprint density at radius 2 is 0.461 bits per heavy atom. The van der Waals surface area contributed by atoms with Gasteiger partial charge >= 0.3 is 17.9 Å². The highest BCUT2D eigenvalue weighted by Crippen LogP contribution is 2.18. The number of carbonyl (C=O) groups is 3. The summed E-state index contributed by atoms with van der Waals surface area (Å²) in [5.74, 6) is -0.873. The van der Waals surface area contributed by atoms with Gasteiger partial charge in [-0.1, -0.05) is 301 Å². The molecule has 0 rings (SSSR count). The third-order valence-corrected chi connectivity index (χ3v) is 15.3. The van der Waals surface area contributed by atoms with Crippen LogP contribution in [0.4, 0.5) is 0 Å². The fourth-order valence-corrected chi connectivity index (χ4v) is 10.2. The van der Waals surface area contributed by atoms with Gasteiger partial charge < -0.3 is 14.2 Å². The molecule has 0 aromatic carbocycles. The van der Waals surface area contributed by atoms with E-state index in [2.05, 4.69) is 57.2 Å². The number of hydrogen-bond acceptors (Lipinski definition) is 6. The number of esters is 3. The molecule has 0 aromatic heterocycles. The van der Waals surface area contributed by atoms with E-state index in [0.29, 0.717) is 19.3 Å². The standard InChI is InChI=1S/C70H130O6/c1-4-7-10-13-16-19-22-24-26-27-28-29-30-31-32-33-34-35-36-37-38-39-40-41-42-43-45-46-48-51-54-57-60-63-69(72)75-66-67(65-74-68(71)62-59-56-53-50-21-18-15-12-9-6-3)76-70(73)64-61-58-55-52-49-47-44-25-23-20-17-14-11-8-5-2/h12,15,25,27-28,44,67H,4-11,13-14,16-24,26,29-43,45-66H2,1-3H3/b15-12-,28-27-,44-25-. The summed E-state index contributed by atoms with van der Waals surface area (Å²) < 4.78 is 16.9. The first kappa shape index (κ1) is 73.6. The van der Waals surface area contributed by atoms with E-state index in [1.807, 2.05) is 0 Å². The lowest BCUT2D eigenvalue weighted by molar-refractivity contribution is -0.167. The van der Waals surface area contributed by atoms with Gasteiger partial charge in [0.1, 0.15) is 13.2 Å². The van der Waals surface area contributed by atoms with Crippen molar-refractivity contribution >= 4 is 17.9 Å². The molecule has 0 spiro atoms. The molecule has 0 aromatic rings. The van der Waals surface area contributed by atoms with Crippen molar-refractivity contribution in [2.75, 3.05) is 13.2 Å². The average Bonchev–Trinajstić information content (AvgIpc) is 3.42. The predicted molar refractivity (Wildman–Crippen MR) is 330 cm³/mol. The van der Waals surface area contributed by atoms with Crippen LogP contribution in [0.1, 0.15) is 374 Å². The monoisotopic (exact) mass is 1070 g/mol. The Morgan fingerprint density at radius 1 is 0.250 bits per heavy atom. The van der Waals surface area contributed by atoms with Crippen molar-refractivity contribution in [3.8, 4) is 0 Å². The topological polar surface area (TPSA) is 78.9 Å². The van der Waals surface area contributed by atoms with Gasteiger partial charge in [-0.25, -0.2) is 0 Å². The van der Waals surface area contributed by atoms with Crippen molar-refractivity contribution in [3.63, 3.8) is 0 Å². The van der Waals surface area contributed by atoms with Crippen molar-refractivity contribution in [3.05, 3.63) is 36.5 Å². The molecule has 0 radical (unpaired) electrons. The molecule has 0 bridgehead atoms. The van der Waals surface area contributed by atoms with E-state index in [1.165, 1.54) is 257 Å². The lowest BCUT2D eigenvalue weighted by Crippen LogP contribution is -2.30. The quantitative estimate of drug-likeness (QED) is 0.0261. The van der Waals surface area contributed by atoms with E-state index in [0.717, 1.165) is 77.0 Å². The summed E-state index contributed by atoms with van der Waals surface area (Å²) in [6.07, 6.45) is 80.5. The molecule has 0 N–H and O–H groups in total. The number of allylic oxidation sites excluding steroid dienone is 6. The highest BCUT2D eigenvalue weighted by Gasteiger charge is 2.19. The van der Waals surface area contributed by atoms with Crippen LogP contribution in [0.5, 0.6) is 0 Å². The summed E-state index contributed by atoms with van der Waals surface area (Å²) in [5, 5.41) is 0. The minimum absolute atomic E-state index is 0.0742. The van der Waals surface area contributed by atoms with Crippen LogP contribution in [0.3, 0.4) is 0 Å². The molecule has 0 aliphatic rings. The smallest absolute Gasteiger partial charge is 0.306 e. The van der Waals surface area contributed by atoms with Crippen molar-refractivity contribution in [1.82, 2.24) is 0 Å². The molecule has 6 nitrogen and oxygen atoms in total. The number of rotatable bonds is 63. The maximum atomic E-state index is 12.9. The average molecular weight is 1070 g/mol. The maximum Gasteiger partial charge on any atom is 0.306 e. The molecule has 0 fully saturated rings. The number of ether oxygens (including phenoxy) is 3. The molecule has 0 aliphatic heterocycles. The highest BCUT2D eigenvalue weighted by atomic mass is 16.6. The van der Waals surface area contributed by atoms with Crippen LogP contribution in [0.15, 0.2) is 36.5 Å². The van der Waals surface area contributed by atoms with Crippen LogP contribution < -0.4 is 0 Å². The van der Waals surface area contributed by atoms with Gasteiger partial charge in [0.2, 0.25) is 0 Å². The minimum Gasteiger partial charge on any atom is -0.462 e. The molecule has 76 heavy (non-hydrogen) atoms. The Labute approximate surface area is 474 Å². The van der Waals surface area contributed by atoms with Gasteiger partial charge in [-0.15, -0.1) is 0 Å². The largest absolute Gasteiger partial charge is 0.462 e. The van der Waals surface area contributed by atoms with Gasteiger partial charge in [-0.3, -0.25) is 14.4 Å². The van der Waals surface area contributed by atoms with Gasteiger partial charge in [-0.2, -0.15) is 0 Å². The zero-order chi connectivity index (χ0) is 55.0. The van der Waals surface area contributed by atoms with E-state index < -0.39 is 6.10 Å². The number of hydrogen-bond donors (Lipinski definition) is 0. The molecular weight excluding hydrogens is 937 g/mol. The molecule has 0 saturated carbocycles. The second-order valence-corrected chi connectivity index (χ2v) is 23.1. The number of carbonyl (C=O) groups excluding carboxylic acids is 3. The zero-order valence-corrected chi connectivity index (χ0v) is 51.3. The Morgan fingerprint density at radius 3 is 0.711 bits per heavy atom. The third-order valence-electron chi connectivity index (χ3n) is 15.3. The molecule has 0 saturated heterocycles. The first-order valence-corrected chi connectivity index (χ1v) is 34.0. The highest BCUT2D eigenvalue weighted by molar-refractivity contribution is 5.71. The molecule has 0 aliphatic carbocycles. The zero-order valence-electron chi connectivity index (χ0n) is 51.3. The van der Waals surface area contributed by atoms with Crippen molar-refractivity contribution in [2.45, 2.75) is 380 Å². The van der Waals surface area contributed by atoms with Crippen LogP contribution in [0.25, 0.3) is 0 Å². The Hall–Kier alpha value is -2.37. The molecule has 0 amide bonds. The molecular formula is C70H130O6. The fraction of sp³-hybridized carbons (Fsp3) is 0.871. The van der Waals surface area contributed by atoms with E-state index in [4.69, 9.17) is 14.2 Å². The van der Waals surface area contributed by atoms with Crippen LogP contribution in [0, 0.1) is 0 Å². The van der Waals surface area contributed by atoms with Crippen LogP contribution in [-0.2, 0) is 28.6 Å². The lowest BCUT2D eigenvalue weighted by Gasteiger charge is -2.18. The normalized spacial score (nSPS) is 12.2. The maximum absolute atomic E-state index is 12.9. The van der Waals surface area contributed by atoms with Gasteiger partial charge in [0.05, 0.1) is 0 Å². The van der Waals surface area contributed by atoms with E-state index in [1.54, 1.807) is 0 Å². The second kappa shape index (κ2) is 65.2. The second-order valence-electron chi connectivity index (χ2n) is 23.1. The molecule has 1 atom stereocenters. The first-order chi connectivity index (χ1) is 37.5. The lowest BCUT2D eigenvalue weighted by atomic mass is 10.0.